The number of halogens is 1. The zero-order valence-corrected chi connectivity index (χ0v) is 12.6. The summed E-state index contributed by atoms with van der Waals surface area (Å²) in [5, 5.41) is 0. The SMILES string of the molecule is CCc1nc(C)ccc1Oc1ncc(Br)c(OC)n1. The van der Waals surface area contributed by atoms with E-state index >= 15 is 0 Å². The molecule has 0 amide bonds. The van der Waals surface area contributed by atoms with E-state index in [0.717, 1.165) is 17.8 Å². The van der Waals surface area contributed by atoms with E-state index in [1.165, 1.54) is 0 Å². The average Bonchev–Trinajstić information content (AvgIpc) is 2.42. The van der Waals surface area contributed by atoms with Crippen molar-refractivity contribution in [2.24, 2.45) is 0 Å². The predicted molar refractivity (Wildman–Crippen MR) is 74.7 cm³/mol. The molecule has 5 nitrogen and oxygen atoms in total. The molecule has 0 aliphatic heterocycles. The van der Waals surface area contributed by atoms with Crippen molar-refractivity contribution in [3.8, 4) is 17.6 Å². The van der Waals surface area contributed by atoms with Gasteiger partial charge in [-0.1, -0.05) is 6.92 Å². The highest BCUT2D eigenvalue weighted by Crippen LogP contribution is 2.27. The predicted octanol–water partition coefficient (Wildman–Crippen LogP) is 3.31. The normalized spacial score (nSPS) is 10.3. The van der Waals surface area contributed by atoms with Gasteiger partial charge in [0.2, 0.25) is 5.88 Å². The number of hydrogen-bond donors (Lipinski definition) is 0. The highest BCUT2D eigenvalue weighted by Gasteiger charge is 2.10. The highest BCUT2D eigenvalue weighted by molar-refractivity contribution is 9.10. The topological polar surface area (TPSA) is 57.1 Å². The molecule has 2 aromatic rings. The molecule has 0 bridgehead atoms. The lowest BCUT2D eigenvalue weighted by Crippen LogP contribution is -1.99. The Morgan fingerprint density at radius 2 is 2.05 bits per heavy atom. The van der Waals surface area contributed by atoms with Crippen LogP contribution < -0.4 is 9.47 Å². The molecule has 0 fully saturated rings. The molecule has 0 aliphatic carbocycles. The Balaban J connectivity index is 2.30. The van der Waals surface area contributed by atoms with Gasteiger partial charge in [0.25, 0.3) is 0 Å². The summed E-state index contributed by atoms with van der Waals surface area (Å²) in [5.41, 5.74) is 1.84. The van der Waals surface area contributed by atoms with E-state index in [1.807, 2.05) is 26.0 Å². The van der Waals surface area contributed by atoms with Gasteiger partial charge < -0.3 is 9.47 Å². The maximum absolute atomic E-state index is 5.67. The van der Waals surface area contributed by atoms with Gasteiger partial charge in [-0.25, -0.2) is 4.98 Å². The molecule has 0 atom stereocenters. The van der Waals surface area contributed by atoms with Gasteiger partial charge in [0.05, 0.1) is 23.5 Å². The van der Waals surface area contributed by atoms with Crippen LogP contribution in [0.25, 0.3) is 0 Å². The number of nitrogens with zero attached hydrogens (tertiary/aromatic N) is 3. The molecule has 6 heteroatoms. The van der Waals surface area contributed by atoms with Crippen molar-refractivity contribution < 1.29 is 9.47 Å². The summed E-state index contributed by atoms with van der Waals surface area (Å²) < 4.78 is 11.5. The van der Waals surface area contributed by atoms with E-state index in [9.17, 15) is 0 Å². The number of rotatable bonds is 4. The second-order valence-corrected chi connectivity index (χ2v) is 4.72. The minimum atomic E-state index is 0.236. The van der Waals surface area contributed by atoms with Gasteiger partial charge in [-0.2, -0.15) is 4.98 Å². The van der Waals surface area contributed by atoms with Crippen molar-refractivity contribution in [1.29, 1.82) is 0 Å². The van der Waals surface area contributed by atoms with E-state index in [-0.39, 0.29) is 6.01 Å². The third-order valence-corrected chi connectivity index (χ3v) is 3.03. The highest BCUT2D eigenvalue weighted by atomic mass is 79.9. The van der Waals surface area contributed by atoms with Gasteiger partial charge in [-0.05, 0) is 41.4 Å². The molecule has 100 valence electrons. The first-order valence-corrected chi connectivity index (χ1v) is 6.64. The Hall–Kier alpha value is -1.69. The van der Waals surface area contributed by atoms with Gasteiger partial charge >= 0.3 is 6.01 Å². The van der Waals surface area contributed by atoms with E-state index in [0.29, 0.717) is 16.1 Å². The molecule has 0 radical (unpaired) electrons. The molecule has 2 heterocycles. The maximum atomic E-state index is 5.67. The van der Waals surface area contributed by atoms with Crippen LogP contribution in [0.3, 0.4) is 0 Å². The van der Waals surface area contributed by atoms with Crippen LogP contribution in [0.15, 0.2) is 22.8 Å². The summed E-state index contributed by atoms with van der Waals surface area (Å²) in [6.45, 7) is 3.97. The summed E-state index contributed by atoms with van der Waals surface area (Å²) in [6.07, 6.45) is 2.37. The van der Waals surface area contributed by atoms with Crippen molar-refractivity contribution in [3.63, 3.8) is 0 Å². The van der Waals surface area contributed by atoms with Crippen LogP contribution in [0.2, 0.25) is 0 Å². The first kappa shape index (κ1) is 13.7. The fourth-order valence-electron chi connectivity index (χ4n) is 1.57. The van der Waals surface area contributed by atoms with Crippen LogP contribution in [-0.2, 0) is 6.42 Å². The molecule has 0 aliphatic rings. The Labute approximate surface area is 120 Å². The second kappa shape index (κ2) is 5.97. The second-order valence-electron chi connectivity index (χ2n) is 3.86. The van der Waals surface area contributed by atoms with Gasteiger partial charge in [0.1, 0.15) is 0 Å². The van der Waals surface area contributed by atoms with Crippen molar-refractivity contribution in [3.05, 3.63) is 34.2 Å². The van der Waals surface area contributed by atoms with Gasteiger partial charge in [-0.15, -0.1) is 0 Å². The number of pyridine rings is 1. The minimum Gasteiger partial charge on any atom is -0.480 e. The molecule has 2 rings (SSSR count). The van der Waals surface area contributed by atoms with Crippen LogP contribution in [-0.4, -0.2) is 22.1 Å². The summed E-state index contributed by atoms with van der Waals surface area (Å²) >= 11 is 3.30. The molecule has 0 N–H and O–H groups in total. The molecule has 0 unspecified atom stereocenters. The summed E-state index contributed by atoms with van der Waals surface area (Å²) in [5.74, 6) is 1.10. The molecule has 19 heavy (non-hydrogen) atoms. The maximum Gasteiger partial charge on any atom is 0.325 e. The van der Waals surface area contributed by atoms with E-state index in [2.05, 4.69) is 30.9 Å². The van der Waals surface area contributed by atoms with Gasteiger partial charge in [-0.3, -0.25) is 4.98 Å². The monoisotopic (exact) mass is 323 g/mol. The van der Waals surface area contributed by atoms with Crippen molar-refractivity contribution >= 4 is 15.9 Å². The van der Waals surface area contributed by atoms with Crippen LogP contribution in [0, 0.1) is 6.92 Å². The summed E-state index contributed by atoms with van der Waals surface area (Å²) in [4.78, 5) is 12.7. The number of aromatic nitrogens is 3. The number of hydrogen-bond acceptors (Lipinski definition) is 5. The minimum absolute atomic E-state index is 0.236. The lowest BCUT2D eigenvalue weighted by atomic mass is 10.2. The molecule has 0 saturated carbocycles. The third kappa shape index (κ3) is 3.20. The van der Waals surface area contributed by atoms with E-state index in [1.54, 1.807) is 13.3 Å². The molecule has 0 aromatic carbocycles. The zero-order chi connectivity index (χ0) is 13.8. The Morgan fingerprint density at radius 1 is 1.26 bits per heavy atom. The fourth-order valence-corrected chi connectivity index (χ4v) is 1.92. The number of ether oxygens (including phenoxy) is 2. The van der Waals surface area contributed by atoms with Crippen molar-refractivity contribution in [2.45, 2.75) is 20.3 Å². The standard InChI is InChI=1S/C13H14BrN3O2/c1-4-10-11(6-5-8(2)16-10)19-13-15-7-9(14)12(17-13)18-3/h5-7H,4H2,1-3H3. The number of methoxy groups -OCH3 is 1. The lowest BCUT2D eigenvalue weighted by molar-refractivity contribution is 0.372. The van der Waals surface area contributed by atoms with Crippen LogP contribution >= 0.6 is 15.9 Å². The Morgan fingerprint density at radius 3 is 2.74 bits per heavy atom. The van der Waals surface area contributed by atoms with Crippen molar-refractivity contribution in [2.75, 3.05) is 7.11 Å². The Kier molecular flexibility index (Phi) is 4.31. The quantitative estimate of drug-likeness (QED) is 0.864. The third-order valence-electron chi connectivity index (χ3n) is 2.49. The molecular formula is C13H14BrN3O2. The van der Waals surface area contributed by atoms with E-state index in [4.69, 9.17) is 9.47 Å². The largest absolute Gasteiger partial charge is 0.480 e. The molecular weight excluding hydrogens is 310 g/mol. The van der Waals surface area contributed by atoms with Gasteiger partial charge in [0.15, 0.2) is 5.75 Å². The molecule has 0 saturated heterocycles. The Bertz CT molecular complexity index is 590. The first-order chi connectivity index (χ1) is 9.13. The average molecular weight is 324 g/mol. The van der Waals surface area contributed by atoms with Crippen molar-refractivity contribution in [1.82, 2.24) is 15.0 Å². The smallest absolute Gasteiger partial charge is 0.325 e. The fraction of sp³-hybridized carbons (Fsp3) is 0.308. The lowest BCUT2D eigenvalue weighted by Gasteiger charge is -2.09. The van der Waals surface area contributed by atoms with E-state index < -0.39 is 0 Å². The van der Waals surface area contributed by atoms with Gasteiger partial charge in [0, 0.05) is 5.69 Å². The number of aryl methyl sites for hydroxylation is 2. The molecule has 2 aromatic heterocycles. The van der Waals surface area contributed by atoms with Crippen LogP contribution in [0.4, 0.5) is 0 Å². The first-order valence-electron chi connectivity index (χ1n) is 5.85. The summed E-state index contributed by atoms with van der Waals surface area (Å²) in [7, 11) is 1.54. The zero-order valence-electron chi connectivity index (χ0n) is 11.0. The summed E-state index contributed by atoms with van der Waals surface area (Å²) in [6, 6.07) is 4.00. The van der Waals surface area contributed by atoms with Crippen LogP contribution in [0.5, 0.6) is 17.6 Å². The molecule has 0 spiro atoms. The van der Waals surface area contributed by atoms with Crippen LogP contribution in [0.1, 0.15) is 18.3 Å².